The number of primary amides is 1. The van der Waals surface area contributed by atoms with E-state index in [1.807, 2.05) is 5.32 Å². The number of carbonyl (C=O) groups is 2. The van der Waals surface area contributed by atoms with Crippen LogP contribution in [0.25, 0.3) is 0 Å². The van der Waals surface area contributed by atoms with E-state index >= 15 is 0 Å². The second kappa shape index (κ2) is 6.55. The number of thiocarbonyl (C=S) groups is 1. The molecule has 5 N–H and O–H groups in total. The summed E-state index contributed by atoms with van der Waals surface area (Å²) in [6.07, 6.45) is 0. The molecule has 0 fully saturated rings. The van der Waals surface area contributed by atoms with Gasteiger partial charge in [-0.3, -0.25) is 10.1 Å². The molecule has 0 saturated carbocycles. The van der Waals surface area contributed by atoms with Crippen molar-refractivity contribution >= 4 is 29.1 Å². The van der Waals surface area contributed by atoms with Crippen molar-refractivity contribution in [2.24, 2.45) is 11.5 Å². The standard InChI is InChI=1S/C11H13N3O4S/c1-17-7-2-6(10(12)19)3-8(4-7)18-5-9(15)14-11(13)16/h2-4H,5H2,1H3,(H2,12,19)(H3,13,14,15,16). The van der Waals surface area contributed by atoms with Gasteiger partial charge in [0.1, 0.15) is 16.5 Å². The Morgan fingerprint density at radius 3 is 2.42 bits per heavy atom. The normalized spacial score (nSPS) is 9.53. The molecule has 102 valence electrons. The maximum absolute atomic E-state index is 11.2. The van der Waals surface area contributed by atoms with Gasteiger partial charge in [-0.2, -0.15) is 0 Å². The molecule has 19 heavy (non-hydrogen) atoms. The number of nitrogens with two attached hydrogens (primary N) is 2. The number of nitrogens with one attached hydrogen (secondary N) is 1. The first-order chi connectivity index (χ1) is 8.92. The Morgan fingerprint density at radius 1 is 1.26 bits per heavy atom. The van der Waals surface area contributed by atoms with Crippen LogP contribution in [0.15, 0.2) is 18.2 Å². The van der Waals surface area contributed by atoms with Gasteiger partial charge in [0.15, 0.2) is 6.61 Å². The van der Waals surface area contributed by atoms with E-state index in [-0.39, 0.29) is 11.6 Å². The van der Waals surface area contributed by atoms with Crippen molar-refractivity contribution in [2.75, 3.05) is 13.7 Å². The molecule has 1 rings (SSSR count). The predicted molar refractivity (Wildman–Crippen MR) is 72.1 cm³/mol. The lowest BCUT2D eigenvalue weighted by Crippen LogP contribution is -2.38. The fraction of sp³-hybridized carbons (Fsp3) is 0.182. The average Bonchev–Trinajstić information content (AvgIpc) is 2.35. The van der Waals surface area contributed by atoms with Gasteiger partial charge in [-0.25, -0.2) is 4.79 Å². The molecule has 8 heteroatoms. The highest BCUT2D eigenvalue weighted by atomic mass is 32.1. The van der Waals surface area contributed by atoms with Crippen LogP contribution in [0, 0.1) is 0 Å². The van der Waals surface area contributed by atoms with Crippen LogP contribution in [-0.2, 0) is 4.79 Å². The number of hydrogen-bond acceptors (Lipinski definition) is 5. The Morgan fingerprint density at radius 2 is 1.89 bits per heavy atom. The molecule has 0 saturated heterocycles. The molecule has 0 aliphatic heterocycles. The van der Waals surface area contributed by atoms with E-state index < -0.39 is 11.9 Å². The minimum atomic E-state index is -0.942. The third-order valence-electron chi connectivity index (χ3n) is 2.03. The van der Waals surface area contributed by atoms with E-state index in [1.165, 1.54) is 7.11 Å². The van der Waals surface area contributed by atoms with Gasteiger partial charge in [-0.15, -0.1) is 0 Å². The molecule has 0 spiro atoms. The van der Waals surface area contributed by atoms with Gasteiger partial charge in [0.05, 0.1) is 7.11 Å². The summed E-state index contributed by atoms with van der Waals surface area (Å²) >= 11 is 4.85. The lowest BCUT2D eigenvalue weighted by molar-refractivity contribution is -0.121. The molecule has 0 unspecified atom stereocenters. The number of hydrogen-bond donors (Lipinski definition) is 3. The van der Waals surface area contributed by atoms with Crippen molar-refractivity contribution in [1.82, 2.24) is 5.32 Å². The van der Waals surface area contributed by atoms with Crippen LogP contribution in [0.2, 0.25) is 0 Å². The Balaban J connectivity index is 2.77. The highest BCUT2D eigenvalue weighted by Crippen LogP contribution is 2.22. The molecule has 0 atom stereocenters. The molecule has 0 aliphatic rings. The molecule has 7 nitrogen and oxygen atoms in total. The zero-order valence-electron chi connectivity index (χ0n) is 10.1. The van der Waals surface area contributed by atoms with Crippen molar-refractivity contribution in [2.45, 2.75) is 0 Å². The quantitative estimate of drug-likeness (QED) is 0.650. The van der Waals surface area contributed by atoms with Gasteiger partial charge in [-0.1, -0.05) is 12.2 Å². The fourth-order valence-corrected chi connectivity index (χ4v) is 1.36. The average molecular weight is 283 g/mol. The first-order valence-electron chi connectivity index (χ1n) is 5.13. The first-order valence-corrected chi connectivity index (χ1v) is 5.54. The number of urea groups is 1. The first kappa shape index (κ1) is 14.7. The Labute approximate surface area is 114 Å². The fourth-order valence-electron chi connectivity index (χ4n) is 1.24. The Hall–Kier alpha value is -2.35. The highest BCUT2D eigenvalue weighted by molar-refractivity contribution is 7.80. The second-order valence-electron chi connectivity index (χ2n) is 3.46. The summed E-state index contributed by atoms with van der Waals surface area (Å²) in [5, 5.41) is 1.87. The van der Waals surface area contributed by atoms with Crippen molar-refractivity contribution in [3.8, 4) is 11.5 Å². The monoisotopic (exact) mass is 283 g/mol. The number of imide groups is 1. The number of amides is 3. The van der Waals surface area contributed by atoms with E-state index in [0.717, 1.165) is 0 Å². The summed E-state index contributed by atoms with van der Waals surface area (Å²) in [5.41, 5.74) is 10.8. The number of rotatable bonds is 5. The lowest BCUT2D eigenvalue weighted by Gasteiger charge is -2.09. The zero-order valence-corrected chi connectivity index (χ0v) is 11.0. The Kier molecular flexibility index (Phi) is 5.07. The number of ether oxygens (including phenoxy) is 2. The van der Waals surface area contributed by atoms with E-state index in [4.69, 9.17) is 33.2 Å². The predicted octanol–water partition coefficient (Wildman–Crippen LogP) is -0.0969. The van der Waals surface area contributed by atoms with Crippen molar-refractivity contribution in [3.05, 3.63) is 23.8 Å². The topological polar surface area (TPSA) is 117 Å². The third kappa shape index (κ3) is 4.80. The number of carbonyl (C=O) groups excluding carboxylic acids is 2. The second-order valence-corrected chi connectivity index (χ2v) is 3.90. The SMILES string of the molecule is COc1cc(OCC(=O)NC(N)=O)cc(C(N)=S)c1. The molecule has 0 aliphatic carbocycles. The van der Waals surface area contributed by atoms with E-state index in [0.29, 0.717) is 17.1 Å². The van der Waals surface area contributed by atoms with Gasteiger partial charge in [0.2, 0.25) is 0 Å². The third-order valence-corrected chi connectivity index (χ3v) is 2.27. The lowest BCUT2D eigenvalue weighted by atomic mass is 10.2. The molecule has 0 heterocycles. The van der Waals surface area contributed by atoms with Crippen LogP contribution >= 0.6 is 12.2 Å². The maximum atomic E-state index is 11.2. The van der Waals surface area contributed by atoms with Crippen molar-refractivity contribution < 1.29 is 19.1 Å². The van der Waals surface area contributed by atoms with E-state index in [9.17, 15) is 9.59 Å². The largest absolute Gasteiger partial charge is 0.497 e. The van der Waals surface area contributed by atoms with Gasteiger partial charge >= 0.3 is 6.03 Å². The summed E-state index contributed by atoms with van der Waals surface area (Å²) < 4.78 is 10.2. The zero-order chi connectivity index (χ0) is 14.4. The molecule has 0 radical (unpaired) electrons. The molecule has 1 aromatic carbocycles. The van der Waals surface area contributed by atoms with Crippen LogP contribution in [-0.4, -0.2) is 30.6 Å². The maximum Gasteiger partial charge on any atom is 0.318 e. The van der Waals surface area contributed by atoms with Gasteiger partial charge < -0.3 is 20.9 Å². The smallest absolute Gasteiger partial charge is 0.318 e. The highest BCUT2D eigenvalue weighted by Gasteiger charge is 2.08. The summed E-state index contributed by atoms with van der Waals surface area (Å²) in [6, 6.07) is 3.81. The molecule has 1 aromatic rings. The number of benzene rings is 1. The molecule has 0 aromatic heterocycles. The molecular formula is C11H13N3O4S. The van der Waals surface area contributed by atoms with Crippen LogP contribution in [0.1, 0.15) is 5.56 Å². The minimum Gasteiger partial charge on any atom is -0.497 e. The summed E-state index contributed by atoms with van der Waals surface area (Å²) in [4.78, 5) is 21.8. The van der Waals surface area contributed by atoms with E-state index in [2.05, 4.69) is 0 Å². The van der Waals surface area contributed by atoms with Gasteiger partial charge in [0, 0.05) is 11.6 Å². The molecule has 0 bridgehead atoms. The summed E-state index contributed by atoms with van der Waals surface area (Å²) in [5.74, 6) is 0.157. The van der Waals surface area contributed by atoms with Gasteiger partial charge in [-0.05, 0) is 12.1 Å². The number of methoxy groups -OCH3 is 1. The van der Waals surface area contributed by atoms with Crippen molar-refractivity contribution in [3.63, 3.8) is 0 Å². The van der Waals surface area contributed by atoms with Crippen LogP contribution in [0.4, 0.5) is 4.79 Å². The van der Waals surface area contributed by atoms with Crippen LogP contribution < -0.4 is 26.3 Å². The summed E-state index contributed by atoms with van der Waals surface area (Å²) in [6.45, 7) is -0.368. The molecular weight excluding hydrogens is 270 g/mol. The van der Waals surface area contributed by atoms with Crippen LogP contribution in [0.5, 0.6) is 11.5 Å². The summed E-state index contributed by atoms with van der Waals surface area (Å²) in [7, 11) is 1.47. The van der Waals surface area contributed by atoms with Crippen molar-refractivity contribution in [1.29, 1.82) is 0 Å². The Bertz CT molecular complexity index is 519. The molecule has 3 amide bonds. The van der Waals surface area contributed by atoms with Gasteiger partial charge in [0.25, 0.3) is 5.91 Å². The van der Waals surface area contributed by atoms with Crippen LogP contribution in [0.3, 0.4) is 0 Å². The minimum absolute atomic E-state index is 0.172. The van der Waals surface area contributed by atoms with E-state index in [1.54, 1.807) is 18.2 Å².